The van der Waals surface area contributed by atoms with Gasteiger partial charge in [0.25, 0.3) is 5.91 Å². The van der Waals surface area contributed by atoms with Crippen LogP contribution in [-0.2, 0) is 0 Å². The molecule has 0 bridgehead atoms. The molecule has 1 N–H and O–H groups in total. The number of para-hydroxylation sites is 1. The topological polar surface area (TPSA) is 86.2 Å². The molecule has 0 atom stereocenters. The van der Waals surface area contributed by atoms with Gasteiger partial charge in [0.1, 0.15) is 5.75 Å². The predicted octanol–water partition coefficient (Wildman–Crippen LogP) is 4.34. The van der Waals surface area contributed by atoms with Gasteiger partial charge in [-0.25, -0.2) is 10.2 Å². The molecule has 3 aromatic carbocycles. The van der Waals surface area contributed by atoms with Gasteiger partial charge < -0.3 is 14.2 Å². The molecule has 0 radical (unpaired) electrons. The van der Waals surface area contributed by atoms with E-state index in [1.54, 1.807) is 66.7 Å². The summed E-state index contributed by atoms with van der Waals surface area (Å²) in [5, 5.41) is 4.49. The molecule has 8 heteroatoms. The number of halogens is 1. The van der Waals surface area contributed by atoms with Gasteiger partial charge in [-0.05, 0) is 54.6 Å². The molecule has 158 valence electrons. The van der Waals surface area contributed by atoms with Crippen molar-refractivity contribution in [3.8, 4) is 17.2 Å². The fourth-order valence-corrected chi connectivity index (χ4v) is 2.75. The number of hydrazone groups is 1. The second-order valence-electron chi connectivity index (χ2n) is 6.20. The third kappa shape index (κ3) is 5.61. The Bertz CT molecular complexity index is 1110. The number of nitrogens with zero attached hydrogens (tertiary/aromatic N) is 1. The summed E-state index contributed by atoms with van der Waals surface area (Å²) in [5.74, 6) is 0.267. The van der Waals surface area contributed by atoms with Crippen molar-refractivity contribution >= 4 is 29.7 Å². The van der Waals surface area contributed by atoms with Crippen LogP contribution < -0.4 is 19.6 Å². The first-order valence-corrected chi connectivity index (χ1v) is 9.52. The number of benzene rings is 3. The maximum atomic E-state index is 12.4. The SMILES string of the molecule is COc1ccc(C(=O)N/N=C/c2ccccc2OC(=O)c2ccc(Cl)cc2)cc1OC. The Kier molecular flexibility index (Phi) is 7.24. The highest BCUT2D eigenvalue weighted by Gasteiger charge is 2.12. The van der Waals surface area contributed by atoms with Crippen molar-refractivity contribution < 1.29 is 23.8 Å². The van der Waals surface area contributed by atoms with Gasteiger partial charge in [0.2, 0.25) is 0 Å². The highest BCUT2D eigenvalue weighted by atomic mass is 35.5. The molecule has 1 amide bonds. The number of carbonyl (C=O) groups excluding carboxylic acids is 2. The molecule has 0 heterocycles. The van der Waals surface area contributed by atoms with Crippen LogP contribution in [0.5, 0.6) is 17.2 Å². The van der Waals surface area contributed by atoms with E-state index in [2.05, 4.69) is 10.5 Å². The minimum Gasteiger partial charge on any atom is -0.493 e. The zero-order valence-corrected chi connectivity index (χ0v) is 17.6. The number of carbonyl (C=O) groups is 2. The van der Waals surface area contributed by atoms with Crippen LogP contribution in [0.2, 0.25) is 5.02 Å². The number of rotatable bonds is 7. The number of methoxy groups -OCH3 is 2. The predicted molar refractivity (Wildman–Crippen MR) is 117 cm³/mol. The van der Waals surface area contributed by atoms with E-state index in [0.717, 1.165) is 0 Å². The van der Waals surface area contributed by atoms with Crippen LogP contribution in [-0.4, -0.2) is 32.3 Å². The molecule has 0 spiro atoms. The molecule has 3 aromatic rings. The van der Waals surface area contributed by atoms with Crippen LogP contribution in [0.4, 0.5) is 0 Å². The summed E-state index contributed by atoms with van der Waals surface area (Å²) in [7, 11) is 3.00. The van der Waals surface area contributed by atoms with E-state index in [0.29, 0.717) is 39.0 Å². The second-order valence-corrected chi connectivity index (χ2v) is 6.64. The van der Waals surface area contributed by atoms with Gasteiger partial charge in [-0.1, -0.05) is 23.7 Å². The number of amides is 1. The monoisotopic (exact) mass is 438 g/mol. The van der Waals surface area contributed by atoms with E-state index < -0.39 is 11.9 Å². The van der Waals surface area contributed by atoms with Crippen LogP contribution in [0.15, 0.2) is 71.8 Å². The van der Waals surface area contributed by atoms with Crippen LogP contribution >= 0.6 is 11.6 Å². The standard InChI is InChI=1S/C23H19ClN2O5/c1-29-20-12-9-16(13-21(20)30-2)22(27)26-25-14-17-5-3-4-6-19(17)31-23(28)15-7-10-18(24)11-8-15/h3-14H,1-2H3,(H,26,27)/b25-14+. The maximum absolute atomic E-state index is 12.4. The summed E-state index contributed by atoms with van der Waals surface area (Å²) in [5.41, 5.74) is 3.65. The molecule has 0 unspecified atom stereocenters. The number of ether oxygens (including phenoxy) is 3. The van der Waals surface area contributed by atoms with Gasteiger partial charge in [0, 0.05) is 16.1 Å². The van der Waals surface area contributed by atoms with Crippen molar-refractivity contribution in [3.63, 3.8) is 0 Å². The first-order chi connectivity index (χ1) is 15.0. The molecule has 0 aromatic heterocycles. The average molecular weight is 439 g/mol. The Balaban J connectivity index is 1.69. The van der Waals surface area contributed by atoms with Crippen molar-refractivity contribution in [1.29, 1.82) is 0 Å². The fraction of sp³-hybridized carbons (Fsp3) is 0.0870. The molecular formula is C23H19ClN2O5. The van der Waals surface area contributed by atoms with Crippen LogP contribution in [0.3, 0.4) is 0 Å². The van der Waals surface area contributed by atoms with E-state index in [1.165, 1.54) is 20.4 Å². The van der Waals surface area contributed by atoms with E-state index in [1.807, 2.05) is 0 Å². The van der Waals surface area contributed by atoms with Gasteiger partial charge in [-0.3, -0.25) is 4.79 Å². The summed E-state index contributed by atoms with van der Waals surface area (Å²) >= 11 is 5.84. The van der Waals surface area contributed by atoms with E-state index in [4.69, 9.17) is 25.8 Å². The Labute approximate surface area is 184 Å². The smallest absolute Gasteiger partial charge is 0.343 e. The van der Waals surface area contributed by atoms with Gasteiger partial charge in [0.05, 0.1) is 26.0 Å². The molecule has 7 nitrogen and oxygen atoms in total. The molecule has 0 fully saturated rings. The number of esters is 1. The zero-order chi connectivity index (χ0) is 22.2. The normalized spacial score (nSPS) is 10.5. The molecule has 0 aliphatic rings. The average Bonchev–Trinajstić information content (AvgIpc) is 2.80. The van der Waals surface area contributed by atoms with Gasteiger partial charge >= 0.3 is 5.97 Å². The Morgan fingerprint density at radius 2 is 1.55 bits per heavy atom. The number of hydrogen-bond acceptors (Lipinski definition) is 6. The highest BCUT2D eigenvalue weighted by molar-refractivity contribution is 6.30. The molecule has 0 saturated carbocycles. The molecular weight excluding hydrogens is 420 g/mol. The lowest BCUT2D eigenvalue weighted by Gasteiger charge is -2.09. The lowest BCUT2D eigenvalue weighted by molar-refractivity contribution is 0.0734. The minimum atomic E-state index is -0.535. The molecule has 3 rings (SSSR count). The molecule has 0 aliphatic carbocycles. The summed E-state index contributed by atoms with van der Waals surface area (Å²) in [6.07, 6.45) is 1.39. The molecule has 0 saturated heterocycles. The largest absolute Gasteiger partial charge is 0.493 e. The summed E-state index contributed by atoms with van der Waals surface area (Å²) in [6.45, 7) is 0. The Morgan fingerprint density at radius 3 is 2.26 bits per heavy atom. The van der Waals surface area contributed by atoms with Crippen molar-refractivity contribution in [2.75, 3.05) is 14.2 Å². The number of nitrogens with one attached hydrogen (secondary N) is 1. The summed E-state index contributed by atoms with van der Waals surface area (Å²) in [4.78, 5) is 24.7. The fourth-order valence-electron chi connectivity index (χ4n) is 2.63. The third-order valence-electron chi connectivity index (χ3n) is 4.22. The van der Waals surface area contributed by atoms with Crippen LogP contribution in [0.1, 0.15) is 26.3 Å². The molecule has 0 aliphatic heterocycles. The summed E-state index contributed by atoms with van der Waals surface area (Å²) < 4.78 is 15.8. The van der Waals surface area contributed by atoms with Gasteiger partial charge in [-0.2, -0.15) is 5.10 Å². The first kappa shape index (κ1) is 21.9. The third-order valence-corrected chi connectivity index (χ3v) is 4.47. The van der Waals surface area contributed by atoms with Gasteiger partial charge in [0.15, 0.2) is 11.5 Å². The van der Waals surface area contributed by atoms with Crippen molar-refractivity contribution in [2.45, 2.75) is 0 Å². The van der Waals surface area contributed by atoms with Crippen LogP contribution in [0, 0.1) is 0 Å². The lowest BCUT2D eigenvalue weighted by atomic mass is 10.2. The summed E-state index contributed by atoms with van der Waals surface area (Å²) in [6, 6.07) is 17.9. The highest BCUT2D eigenvalue weighted by Crippen LogP contribution is 2.27. The van der Waals surface area contributed by atoms with Crippen molar-refractivity contribution in [2.24, 2.45) is 5.10 Å². The molecule has 31 heavy (non-hydrogen) atoms. The quantitative estimate of drug-likeness (QED) is 0.256. The maximum Gasteiger partial charge on any atom is 0.343 e. The number of hydrogen-bond donors (Lipinski definition) is 1. The van der Waals surface area contributed by atoms with E-state index in [-0.39, 0.29) is 0 Å². The second kappa shape index (κ2) is 10.3. The van der Waals surface area contributed by atoms with Crippen molar-refractivity contribution in [1.82, 2.24) is 5.43 Å². The first-order valence-electron chi connectivity index (χ1n) is 9.14. The van der Waals surface area contributed by atoms with Crippen LogP contribution in [0.25, 0.3) is 0 Å². The van der Waals surface area contributed by atoms with E-state index in [9.17, 15) is 9.59 Å². The Morgan fingerprint density at radius 1 is 0.871 bits per heavy atom. The zero-order valence-electron chi connectivity index (χ0n) is 16.8. The van der Waals surface area contributed by atoms with Gasteiger partial charge in [-0.15, -0.1) is 0 Å². The minimum absolute atomic E-state index is 0.298. The Hall–Kier alpha value is -3.84. The van der Waals surface area contributed by atoms with Crippen molar-refractivity contribution in [3.05, 3.63) is 88.4 Å². The lowest BCUT2D eigenvalue weighted by Crippen LogP contribution is -2.18. The van der Waals surface area contributed by atoms with E-state index >= 15 is 0 Å².